The molecule has 10 heteroatoms. The van der Waals surface area contributed by atoms with E-state index in [0.717, 1.165) is 6.07 Å². The summed E-state index contributed by atoms with van der Waals surface area (Å²) in [5, 5.41) is 6.86. The number of halogens is 4. The molecule has 2 aromatic carbocycles. The summed E-state index contributed by atoms with van der Waals surface area (Å²) in [6.45, 7) is 0.0926. The first-order valence-electron chi connectivity index (χ1n) is 8.02. The van der Waals surface area contributed by atoms with E-state index in [1.807, 2.05) is 0 Å². The van der Waals surface area contributed by atoms with Crippen molar-refractivity contribution >= 4 is 11.6 Å². The Bertz CT molecular complexity index is 967. The lowest BCUT2D eigenvalue weighted by molar-refractivity contribution is -0.274. The molecule has 0 aliphatic carbocycles. The second-order valence-corrected chi connectivity index (χ2v) is 5.60. The Balaban J connectivity index is 1.66. The minimum absolute atomic E-state index is 0.0258. The zero-order chi connectivity index (χ0) is 20.1. The molecule has 28 heavy (non-hydrogen) atoms. The van der Waals surface area contributed by atoms with Crippen LogP contribution in [0.4, 0.5) is 23.2 Å². The van der Waals surface area contributed by atoms with Gasteiger partial charge in [0.05, 0.1) is 23.6 Å². The van der Waals surface area contributed by atoms with Crippen molar-refractivity contribution in [3.05, 3.63) is 72.3 Å². The summed E-state index contributed by atoms with van der Waals surface area (Å²) in [6, 6.07) is 13.0. The quantitative estimate of drug-likeness (QED) is 0.392. The molecule has 146 valence electrons. The molecule has 1 heterocycles. The lowest BCUT2D eigenvalue weighted by Gasteiger charge is -2.14. The highest BCUT2D eigenvalue weighted by Crippen LogP contribution is 2.29. The lowest BCUT2D eigenvalue weighted by atomic mass is 10.3. The molecule has 0 amide bonds. The number of rotatable bonds is 5. The lowest BCUT2D eigenvalue weighted by Crippen LogP contribution is -2.24. The van der Waals surface area contributed by atoms with E-state index < -0.39 is 12.1 Å². The maximum Gasteiger partial charge on any atom is 0.573 e. The van der Waals surface area contributed by atoms with E-state index in [0.29, 0.717) is 11.4 Å². The van der Waals surface area contributed by atoms with E-state index in [9.17, 15) is 17.6 Å². The predicted molar refractivity (Wildman–Crippen MR) is 95.6 cm³/mol. The molecule has 3 rings (SSSR count). The van der Waals surface area contributed by atoms with Crippen LogP contribution in [0.2, 0.25) is 0 Å². The molecule has 0 radical (unpaired) electrons. The van der Waals surface area contributed by atoms with Crippen molar-refractivity contribution in [2.45, 2.75) is 12.9 Å². The van der Waals surface area contributed by atoms with Crippen LogP contribution < -0.4 is 15.8 Å². The van der Waals surface area contributed by atoms with Gasteiger partial charge in [-0.25, -0.2) is 14.1 Å². The fraction of sp³-hybridized carbons (Fsp3) is 0.111. The average Bonchev–Trinajstić information content (AvgIpc) is 3.10. The van der Waals surface area contributed by atoms with Crippen molar-refractivity contribution in [2.75, 3.05) is 5.32 Å². The molecule has 0 aliphatic rings. The van der Waals surface area contributed by atoms with Gasteiger partial charge in [0.2, 0.25) is 0 Å². The number of guanidine groups is 1. The minimum Gasteiger partial charge on any atom is -0.404 e. The highest BCUT2D eigenvalue weighted by molar-refractivity contribution is 5.93. The molecule has 0 saturated heterocycles. The van der Waals surface area contributed by atoms with E-state index in [1.54, 1.807) is 29.1 Å². The van der Waals surface area contributed by atoms with Crippen molar-refractivity contribution in [2.24, 2.45) is 10.7 Å². The van der Waals surface area contributed by atoms with Crippen LogP contribution in [0.3, 0.4) is 0 Å². The van der Waals surface area contributed by atoms with Gasteiger partial charge < -0.3 is 15.8 Å². The van der Waals surface area contributed by atoms with Crippen LogP contribution in [0.1, 0.15) is 5.69 Å². The zero-order valence-corrected chi connectivity index (χ0v) is 14.3. The van der Waals surface area contributed by atoms with Crippen LogP contribution in [0.5, 0.6) is 5.75 Å². The topological polar surface area (TPSA) is 77.5 Å². The number of ether oxygens (including phenoxy) is 1. The van der Waals surface area contributed by atoms with Crippen LogP contribution >= 0.6 is 0 Å². The summed E-state index contributed by atoms with van der Waals surface area (Å²) in [6.07, 6.45) is -3.15. The first kappa shape index (κ1) is 19.2. The van der Waals surface area contributed by atoms with Crippen molar-refractivity contribution in [1.82, 2.24) is 9.78 Å². The number of nitrogens with zero attached hydrogens (tertiary/aromatic N) is 3. The second-order valence-electron chi connectivity index (χ2n) is 5.60. The number of anilines is 1. The molecular formula is C18H15F4N5O. The summed E-state index contributed by atoms with van der Waals surface area (Å²) in [4.78, 5) is 4.06. The molecule has 0 unspecified atom stereocenters. The summed E-state index contributed by atoms with van der Waals surface area (Å²) in [5.41, 5.74) is 7.00. The van der Waals surface area contributed by atoms with Gasteiger partial charge in [-0.3, -0.25) is 0 Å². The standard InChI is InChI=1S/C18H15F4N5O/c19-12-5-7-14(8-6-12)27-10-9-13(26-27)11-24-17(23)25-15-3-1-2-4-16(15)28-18(20,21)22/h1-10H,11H2,(H3,23,24,25). The van der Waals surface area contributed by atoms with Crippen molar-refractivity contribution in [3.63, 3.8) is 0 Å². The Morgan fingerprint density at radius 1 is 1.11 bits per heavy atom. The average molecular weight is 393 g/mol. The van der Waals surface area contributed by atoms with Gasteiger partial charge in [0.25, 0.3) is 0 Å². The first-order valence-corrected chi connectivity index (χ1v) is 8.02. The molecule has 0 fully saturated rings. The molecule has 0 saturated carbocycles. The summed E-state index contributed by atoms with van der Waals surface area (Å²) in [7, 11) is 0. The van der Waals surface area contributed by atoms with Crippen LogP contribution in [0.15, 0.2) is 65.8 Å². The van der Waals surface area contributed by atoms with Crippen LogP contribution in [-0.4, -0.2) is 22.1 Å². The van der Waals surface area contributed by atoms with Crippen LogP contribution in [-0.2, 0) is 6.54 Å². The maximum absolute atomic E-state index is 13.0. The van der Waals surface area contributed by atoms with Crippen LogP contribution in [0.25, 0.3) is 5.69 Å². The van der Waals surface area contributed by atoms with E-state index >= 15 is 0 Å². The fourth-order valence-corrected chi connectivity index (χ4v) is 2.31. The molecule has 0 bridgehead atoms. The van der Waals surface area contributed by atoms with E-state index in [4.69, 9.17) is 5.73 Å². The monoisotopic (exact) mass is 393 g/mol. The van der Waals surface area contributed by atoms with Crippen molar-refractivity contribution < 1.29 is 22.3 Å². The van der Waals surface area contributed by atoms with E-state index in [2.05, 4.69) is 20.1 Å². The number of alkyl halides is 3. The largest absolute Gasteiger partial charge is 0.573 e. The highest BCUT2D eigenvalue weighted by atomic mass is 19.4. The normalized spacial score (nSPS) is 12.1. The summed E-state index contributed by atoms with van der Waals surface area (Å²) < 4.78 is 55.8. The molecule has 0 aliphatic heterocycles. The highest BCUT2D eigenvalue weighted by Gasteiger charge is 2.32. The Hall–Kier alpha value is -3.56. The molecule has 6 nitrogen and oxygen atoms in total. The summed E-state index contributed by atoms with van der Waals surface area (Å²) in [5.74, 6) is -0.877. The second kappa shape index (κ2) is 7.99. The number of hydrogen-bond donors (Lipinski definition) is 2. The predicted octanol–water partition coefficient (Wildman–Crippen LogP) is 3.84. The van der Waals surface area contributed by atoms with E-state index in [1.165, 1.54) is 30.3 Å². The maximum atomic E-state index is 13.0. The Morgan fingerprint density at radius 3 is 2.54 bits per heavy atom. The molecule has 0 spiro atoms. The Kier molecular flexibility index (Phi) is 5.48. The third-order valence-electron chi connectivity index (χ3n) is 3.52. The Morgan fingerprint density at radius 2 is 1.82 bits per heavy atom. The third-order valence-corrected chi connectivity index (χ3v) is 3.52. The number of nitrogens with two attached hydrogens (primary N) is 1. The third kappa shape index (κ3) is 5.22. The van der Waals surface area contributed by atoms with Crippen molar-refractivity contribution in [1.29, 1.82) is 0 Å². The van der Waals surface area contributed by atoms with Gasteiger partial charge in [-0.05, 0) is 42.5 Å². The summed E-state index contributed by atoms with van der Waals surface area (Å²) >= 11 is 0. The fourth-order valence-electron chi connectivity index (χ4n) is 2.31. The van der Waals surface area contributed by atoms with E-state index in [-0.39, 0.29) is 24.0 Å². The number of nitrogens with one attached hydrogen (secondary N) is 1. The number of hydrogen-bond acceptors (Lipinski definition) is 3. The Labute approximate surface area is 157 Å². The van der Waals surface area contributed by atoms with Crippen LogP contribution in [0, 0.1) is 5.82 Å². The number of benzene rings is 2. The van der Waals surface area contributed by atoms with Gasteiger partial charge in [-0.1, -0.05) is 12.1 Å². The van der Waals surface area contributed by atoms with Gasteiger partial charge in [0, 0.05) is 6.20 Å². The number of aromatic nitrogens is 2. The SMILES string of the molecule is NC(=NCc1ccn(-c2ccc(F)cc2)n1)Nc1ccccc1OC(F)(F)F. The molecular weight excluding hydrogens is 378 g/mol. The van der Waals surface area contributed by atoms with Gasteiger partial charge in [-0.2, -0.15) is 5.10 Å². The molecule has 3 N–H and O–H groups in total. The molecule has 1 aromatic heterocycles. The van der Waals surface area contributed by atoms with Crippen molar-refractivity contribution in [3.8, 4) is 11.4 Å². The first-order chi connectivity index (χ1) is 13.3. The number of aliphatic imine (C=N–C) groups is 1. The number of para-hydroxylation sites is 2. The van der Waals surface area contributed by atoms with Gasteiger partial charge in [-0.15, -0.1) is 13.2 Å². The smallest absolute Gasteiger partial charge is 0.404 e. The molecule has 3 aromatic rings. The van der Waals surface area contributed by atoms with Gasteiger partial charge >= 0.3 is 6.36 Å². The zero-order valence-electron chi connectivity index (χ0n) is 14.3. The van der Waals surface area contributed by atoms with Gasteiger partial charge in [0.15, 0.2) is 11.7 Å². The van der Waals surface area contributed by atoms with Gasteiger partial charge in [0.1, 0.15) is 5.82 Å². The minimum atomic E-state index is -4.82. The molecule has 0 atom stereocenters.